The molecule has 7 nitrogen and oxygen atoms in total. The van der Waals surface area contributed by atoms with Crippen LogP contribution in [0.15, 0.2) is 47.5 Å². The fourth-order valence-electron chi connectivity index (χ4n) is 2.95. The third-order valence-electron chi connectivity index (χ3n) is 4.25. The molecular weight excluding hydrogens is 382 g/mol. The Balaban J connectivity index is 2.49. The summed E-state index contributed by atoms with van der Waals surface area (Å²) in [5.74, 6) is -0.0788. The van der Waals surface area contributed by atoms with Crippen molar-refractivity contribution in [3.63, 3.8) is 0 Å². The Kier molecular flexibility index (Phi) is 6.75. The van der Waals surface area contributed by atoms with Crippen LogP contribution in [0.25, 0.3) is 10.8 Å². The molecule has 7 heteroatoms. The van der Waals surface area contributed by atoms with Crippen LogP contribution in [0.2, 0.25) is 0 Å². The highest BCUT2D eigenvalue weighted by Crippen LogP contribution is 2.25. The molecule has 162 valence electrons. The van der Waals surface area contributed by atoms with Crippen molar-refractivity contribution in [1.29, 1.82) is 0 Å². The first-order chi connectivity index (χ1) is 13.8. The zero-order valence-electron chi connectivity index (χ0n) is 18.7. The summed E-state index contributed by atoms with van der Waals surface area (Å²) < 4.78 is 5.51. The summed E-state index contributed by atoms with van der Waals surface area (Å²) >= 11 is 0. The maximum absolute atomic E-state index is 12.9. The number of aliphatic imine (C=N–C) groups is 1. The second-order valence-electron chi connectivity index (χ2n) is 9.15. The fourth-order valence-corrected chi connectivity index (χ4v) is 2.95. The van der Waals surface area contributed by atoms with Crippen LogP contribution in [0, 0.1) is 0 Å². The first kappa shape index (κ1) is 23.2. The molecular formula is C23H31N3O4. The van der Waals surface area contributed by atoms with E-state index >= 15 is 0 Å². The van der Waals surface area contributed by atoms with Crippen LogP contribution >= 0.6 is 0 Å². The second-order valence-corrected chi connectivity index (χ2v) is 9.15. The monoisotopic (exact) mass is 413 g/mol. The predicted octanol–water partition coefficient (Wildman–Crippen LogP) is 5.56. The molecule has 0 unspecified atom stereocenters. The number of nitrogens with one attached hydrogen (secondary N) is 1. The molecule has 30 heavy (non-hydrogen) atoms. The summed E-state index contributed by atoms with van der Waals surface area (Å²) in [4.78, 5) is 30.2. The molecule has 0 saturated heterocycles. The van der Waals surface area contributed by atoms with Gasteiger partial charge in [0.2, 0.25) is 5.96 Å². The Morgan fingerprint density at radius 1 is 1.03 bits per heavy atom. The average molecular weight is 414 g/mol. The van der Waals surface area contributed by atoms with Gasteiger partial charge in [-0.3, -0.25) is 5.32 Å². The molecule has 2 amide bonds. The Labute approximate surface area is 177 Å². The van der Waals surface area contributed by atoms with Gasteiger partial charge in [0.1, 0.15) is 5.60 Å². The van der Waals surface area contributed by atoms with Gasteiger partial charge in [0.05, 0.1) is 6.04 Å². The van der Waals surface area contributed by atoms with Gasteiger partial charge in [0, 0.05) is 5.54 Å². The lowest BCUT2D eigenvalue weighted by Crippen LogP contribution is -2.56. The summed E-state index contributed by atoms with van der Waals surface area (Å²) in [5.41, 5.74) is -0.609. The number of amides is 2. The average Bonchev–Trinajstić information content (AvgIpc) is 2.57. The number of hydrogen-bond acceptors (Lipinski definition) is 4. The molecule has 1 atom stereocenters. The van der Waals surface area contributed by atoms with Gasteiger partial charge in [-0.1, -0.05) is 36.4 Å². The van der Waals surface area contributed by atoms with E-state index in [-0.39, 0.29) is 5.96 Å². The lowest BCUT2D eigenvalue weighted by atomic mass is 10.0. The van der Waals surface area contributed by atoms with Gasteiger partial charge in [0.25, 0.3) is 0 Å². The Morgan fingerprint density at radius 2 is 1.63 bits per heavy atom. The standard InChI is InChI=1S/C23H31N3O4/c1-15(17-13-12-16-10-8-9-11-18(16)14-17)24-19(25-20(27)28)26(22(2,3)4)21(29)30-23(5,6)7/h8-15H,1-7H3,(H,24,25)(H,27,28)/t15-/m1/s1. The first-order valence-corrected chi connectivity index (χ1v) is 9.87. The first-order valence-electron chi connectivity index (χ1n) is 9.87. The molecule has 0 spiro atoms. The fraction of sp³-hybridized carbons (Fsp3) is 0.435. The van der Waals surface area contributed by atoms with Gasteiger partial charge >= 0.3 is 12.2 Å². The summed E-state index contributed by atoms with van der Waals surface area (Å²) in [6, 6.07) is 13.5. The highest BCUT2D eigenvalue weighted by molar-refractivity contribution is 6.01. The highest BCUT2D eigenvalue weighted by atomic mass is 16.6. The minimum Gasteiger partial charge on any atom is -0.465 e. The number of rotatable bonds is 2. The molecule has 0 heterocycles. The maximum Gasteiger partial charge on any atom is 0.417 e. The molecule has 2 N–H and O–H groups in total. The minimum atomic E-state index is -1.31. The van der Waals surface area contributed by atoms with Gasteiger partial charge in [-0.2, -0.15) is 0 Å². The molecule has 0 aliphatic heterocycles. The summed E-state index contributed by atoms with van der Waals surface area (Å²) in [5, 5.41) is 13.8. The van der Waals surface area contributed by atoms with Crippen molar-refractivity contribution in [3.05, 3.63) is 48.0 Å². The maximum atomic E-state index is 12.9. The van der Waals surface area contributed by atoms with Gasteiger partial charge in [0.15, 0.2) is 0 Å². The summed E-state index contributed by atoms with van der Waals surface area (Å²) in [7, 11) is 0. The summed E-state index contributed by atoms with van der Waals surface area (Å²) in [6.07, 6.45) is -1.98. The lowest BCUT2D eigenvalue weighted by molar-refractivity contribution is 0.0241. The third-order valence-corrected chi connectivity index (χ3v) is 4.25. The van der Waals surface area contributed by atoms with Crippen LogP contribution in [0.5, 0.6) is 0 Å². The van der Waals surface area contributed by atoms with Crippen LogP contribution in [0.1, 0.15) is 60.1 Å². The molecule has 2 aromatic carbocycles. The van der Waals surface area contributed by atoms with E-state index < -0.39 is 29.4 Å². The van der Waals surface area contributed by atoms with Gasteiger partial charge in [-0.25, -0.2) is 19.5 Å². The second kappa shape index (κ2) is 8.73. The third kappa shape index (κ3) is 6.20. The number of hydrogen-bond donors (Lipinski definition) is 2. The SMILES string of the molecule is C[C@@H](N=C(NC(=O)O)N(C(=O)OC(C)(C)C)C(C)(C)C)c1ccc2ccccc2c1. The van der Waals surface area contributed by atoms with Crippen LogP contribution < -0.4 is 5.32 Å². The van der Waals surface area contributed by atoms with E-state index in [4.69, 9.17) is 4.74 Å². The highest BCUT2D eigenvalue weighted by Gasteiger charge is 2.35. The van der Waals surface area contributed by atoms with Crippen molar-refractivity contribution in [2.24, 2.45) is 4.99 Å². The Hall–Kier alpha value is -3.09. The number of ether oxygens (including phenoxy) is 1. The van der Waals surface area contributed by atoms with E-state index in [0.717, 1.165) is 16.3 Å². The van der Waals surface area contributed by atoms with Crippen molar-refractivity contribution in [2.75, 3.05) is 0 Å². The molecule has 0 aromatic heterocycles. The molecule has 0 bridgehead atoms. The number of carboxylic acid groups (broad SMARTS) is 1. The van der Waals surface area contributed by atoms with Gasteiger partial charge < -0.3 is 9.84 Å². The molecule has 0 aliphatic carbocycles. The van der Waals surface area contributed by atoms with Crippen molar-refractivity contribution in [3.8, 4) is 0 Å². The van der Waals surface area contributed by atoms with E-state index in [0.29, 0.717) is 0 Å². The number of fused-ring (bicyclic) bond motifs is 1. The van der Waals surface area contributed by atoms with E-state index in [9.17, 15) is 14.7 Å². The number of nitrogens with zero attached hydrogens (tertiary/aromatic N) is 2. The quantitative estimate of drug-likeness (QED) is 0.498. The van der Waals surface area contributed by atoms with Crippen molar-refractivity contribution < 1.29 is 19.4 Å². The van der Waals surface area contributed by atoms with Crippen LogP contribution in [0.3, 0.4) is 0 Å². The van der Waals surface area contributed by atoms with Crippen LogP contribution in [-0.4, -0.2) is 39.3 Å². The number of carbonyl (C=O) groups is 2. The number of guanidine groups is 1. The van der Waals surface area contributed by atoms with E-state index in [2.05, 4.69) is 10.3 Å². The molecule has 0 saturated carbocycles. The molecule has 0 aliphatic rings. The Bertz CT molecular complexity index is 955. The normalized spacial score (nSPS) is 13.6. The lowest BCUT2D eigenvalue weighted by Gasteiger charge is -2.37. The Morgan fingerprint density at radius 3 is 2.17 bits per heavy atom. The number of benzene rings is 2. The van der Waals surface area contributed by atoms with Crippen molar-refractivity contribution >= 4 is 28.9 Å². The number of carbonyl (C=O) groups excluding carboxylic acids is 1. The predicted molar refractivity (Wildman–Crippen MR) is 119 cm³/mol. The van der Waals surface area contributed by atoms with E-state index in [1.807, 2.05) is 49.4 Å². The molecule has 0 fully saturated rings. The van der Waals surface area contributed by atoms with E-state index in [1.54, 1.807) is 41.5 Å². The van der Waals surface area contributed by atoms with Crippen molar-refractivity contribution in [1.82, 2.24) is 10.2 Å². The molecule has 0 radical (unpaired) electrons. The topological polar surface area (TPSA) is 91.2 Å². The largest absolute Gasteiger partial charge is 0.465 e. The zero-order chi connectivity index (χ0) is 22.7. The van der Waals surface area contributed by atoms with Gasteiger partial charge in [-0.15, -0.1) is 0 Å². The van der Waals surface area contributed by atoms with Crippen LogP contribution in [-0.2, 0) is 4.74 Å². The summed E-state index contributed by atoms with van der Waals surface area (Å²) in [6.45, 7) is 12.5. The van der Waals surface area contributed by atoms with Crippen LogP contribution in [0.4, 0.5) is 9.59 Å². The molecule has 2 rings (SSSR count). The molecule has 2 aromatic rings. The van der Waals surface area contributed by atoms with Crippen molar-refractivity contribution in [2.45, 2.75) is 65.6 Å². The zero-order valence-corrected chi connectivity index (χ0v) is 18.7. The van der Waals surface area contributed by atoms with E-state index in [1.165, 1.54) is 4.90 Å². The van der Waals surface area contributed by atoms with Gasteiger partial charge in [-0.05, 0) is 70.9 Å². The minimum absolute atomic E-state index is 0.0788. The smallest absolute Gasteiger partial charge is 0.417 e.